The molecule has 0 atom stereocenters. The van der Waals surface area contributed by atoms with Crippen LogP contribution >= 0.6 is 16.5 Å². The maximum atomic E-state index is 6.27. The second kappa shape index (κ2) is 7.03. The second-order valence-corrected chi connectivity index (χ2v) is 18.8. The van der Waals surface area contributed by atoms with Crippen molar-refractivity contribution in [1.82, 2.24) is 4.57 Å². The molecule has 1 heterocycles. The molecule has 3 aromatic carbocycles. The Morgan fingerprint density at radius 2 is 1.17 bits per heavy atom. The molecule has 0 radical (unpaired) electrons. The van der Waals surface area contributed by atoms with E-state index in [4.69, 9.17) is 16.5 Å². The van der Waals surface area contributed by atoms with Gasteiger partial charge in [-0.1, -0.05) is 0 Å². The molecule has 0 spiro atoms. The van der Waals surface area contributed by atoms with E-state index >= 15 is 0 Å². The molecule has 5 heteroatoms. The van der Waals surface area contributed by atoms with Gasteiger partial charge in [-0.25, -0.2) is 0 Å². The summed E-state index contributed by atoms with van der Waals surface area (Å²) in [7, 11) is 12.5. The molecule has 0 fully saturated rings. The van der Waals surface area contributed by atoms with Crippen LogP contribution in [0, 0.1) is 0 Å². The minimum atomic E-state index is -1.41. The van der Waals surface area contributed by atoms with Crippen LogP contribution < -0.4 is 6.14 Å². The molecule has 0 amide bonds. The number of benzene rings is 3. The first-order valence-electron chi connectivity index (χ1n) is 7.55. The number of para-hydroxylation sites is 1. The van der Waals surface area contributed by atoms with E-state index in [0.29, 0.717) is 0 Å². The third-order valence-corrected chi connectivity index (χ3v) is 15.5. The quantitative estimate of drug-likeness (QED) is 0.276. The molecule has 0 saturated carbocycles. The number of hydrogen-bond donors (Lipinski definition) is 0. The van der Waals surface area contributed by atoms with E-state index in [1.165, 1.54) is 33.6 Å². The molecule has 0 saturated heterocycles. The van der Waals surface area contributed by atoms with Crippen molar-refractivity contribution in [3.63, 3.8) is 0 Å². The third-order valence-electron chi connectivity index (χ3n) is 4.22. The normalized spacial score (nSPS) is 10.7. The number of hydrogen-bond acceptors (Lipinski definition) is 0. The summed E-state index contributed by atoms with van der Waals surface area (Å²) in [5, 5.41) is 2.62. The van der Waals surface area contributed by atoms with E-state index in [2.05, 4.69) is 71.3 Å². The van der Waals surface area contributed by atoms with Crippen LogP contribution in [0.3, 0.4) is 0 Å². The first-order valence-corrected chi connectivity index (χ1v) is 26.6. The Morgan fingerprint density at radius 1 is 0.652 bits per heavy atom. The van der Waals surface area contributed by atoms with Crippen LogP contribution in [-0.2, 0) is 46.7 Å². The van der Waals surface area contributed by atoms with Gasteiger partial charge in [-0.2, -0.15) is 0 Å². The predicted molar refractivity (Wildman–Crippen MR) is 91.8 cm³/mol. The van der Waals surface area contributed by atoms with E-state index in [0.717, 1.165) is 0 Å². The van der Waals surface area contributed by atoms with Crippen molar-refractivity contribution < 1.29 is 46.7 Å². The molecule has 1 nitrogen and oxygen atoms in total. The summed E-state index contributed by atoms with van der Waals surface area (Å²) in [6, 6.07) is 24.0. The van der Waals surface area contributed by atoms with E-state index in [1.807, 2.05) is 0 Å². The summed E-state index contributed by atoms with van der Waals surface area (Å²) < 4.78 is 5.08. The number of fused-ring (bicyclic) bond motifs is 3. The summed E-state index contributed by atoms with van der Waals surface area (Å²) in [5.41, 5.74) is 3.69. The molecule has 106 valence electrons. The topological polar surface area (TPSA) is 4.93 Å². The van der Waals surface area contributed by atoms with Gasteiger partial charge < -0.3 is 0 Å². The predicted octanol–water partition coefficient (Wildman–Crippen LogP) is 4.51. The van der Waals surface area contributed by atoms with Crippen LogP contribution in [0.15, 0.2) is 66.7 Å². The average Bonchev–Trinajstić information content (AvgIpc) is 2.95. The van der Waals surface area contributed by atoms with Crippen molar-refractivity contribution in [2.45, 2.75) is 0 Å². The summed E-state index contributed by atoms with van der Waals surface area (Å²) >= 11 is -2.82. The molecular weight excluding hydrogens is 702 g/mol. The second-order valence-electron chi connectivity index (χ2n) is 5.64. The van der Waals surface area contributed by atoms with E-state index in [-0.39, 0.29) is 0 Å². The van der Waals surface area contributed by atoms with E-state index < -0.39 is 46.7 Å². The molecule has 0 aliphatic carbocycles. The fourth-order valence-electron chi connectivity index (χ4n) is 3.14. The molecule has 1 aromatic heterocycles. The maximum absolute atomic E-state index is 6.27. The van der Waals surface area contributed by atoms with Gasteiger partial charge >= 0.3 is 168 Å². The van der Waals surface area contributed by atoms with Crippen LogP contribution in [0.4, 0.5) is 0 Å². The standard InChI is InChI=1S/C18H11N.2ClH.2Hg/c1-2-8-14(9-3-1)19-17-12-6-4-10-15(17)16-11-5-7-13-18(16)19;;;;/h1-3,6-13H;2*1H;;/q;;;2*+1/p-2. The Kier molecular flexibility index (Phi) is 5.01. The van der Waals surface area contributed by atoms with Crippen molar-refractivity contribution in [1.29, 1.82) is 0 Å². The molecular formula is C18H11Cl2Hg2N. The summed E-state index contributed by atoms with van der Waals surface area (Å²) in [5.74, 6) is 0. The van der Waals surface area contributed by atoms with Gasteiger partial charge in [-0.05, 0) is 0 Å². The van der Waals surface area contributed by atoms with Crippen LogP contribution in [0.2, 0.25) is 0 Å². The Morgan fingerprint density at radius 3 is 1.65 bits per heavy atom. The zero-order valence-electron chi connectivity index (χ0n) is 12.5. The Balaban J connectivity index is 2.15. The molecule has 0 bridgehead atoms. The van der Waals surface area contributed by atoms with Crippen molar-refractivity contribution in [3.05, 3.63) is 66.7 Å². The molecule has 4 rings (SSSR count). The van der Waals surface area contributed by atoms with Crippen LogP contribution in [0.25, 0.3) is 27.5 Å². The fraction of sp³-hybridized carbons (Fsp3) is 0. The van der Waals surface area contributed by atoms with E-state index in [1.54, 1.807) is 0 Å². The van der Waals surface area contributed by atoms with E-state index in [9.17, 15) is 0 Å². The van der Waals surface area contributed by atoms with Crippen molar-refractivity contribution in [2.24, 2.45) is 0 Å². The molecule has 0 N–H and O–H groups in total. The number of nitrogens with zero attached hydrogens (tertiary/aromatic N) is 1. The van der Waals surface area contributed by atoms with Crippen molar-refractivity contribution >= 4 is 44.4 Å². The zero-order valence-corrected chi connectivity index (χ0v) is 25.0. The number of halogens is 2. The summed E-state index contributed by atoms with van der Waals surface area (Å²) in [6.07, 6.45) is 0. The minimum absolute atomic E-state index is 1.19. The van der Waals surface area contributed by atoms with Gasteiger partial charge in [0.25, 0.3) is 0 Å². The molecule has 23 heavy (non-hydrogen) atoms. The monoisotopic (exact) mass is 715 g/mol. The fourth-order valence-corrected chi connectivity index (χ4v) is 9.85. The average molecular weight is 713 g/mol. The molecule has 0 aliphatic rings. The summed E-state index contributed by atoms with van der Waals surface area (Å²) in [6.45, 7) is 0. The van der Waals surface area contributed by atoms with Crippen molar-refractivity contribution in [2.75, 3.05) is 0 Å². The first-order chi connectivity index (χ1) is 11.3. The van der Waals surface area contributed by atoms with Crippen LogP contribution in [0.5, 0.6) is 0 Å². The Hall–Kier alpha value is -0.0899. The zero-order chi connectivity index (χ0) is 15.8. The van der Waals surface area contributed by atoms with Gasteiger partial charge in [0.05, 0.1) is 0 Å². The Labute approximate surface area is 166 Å². The van der Waals surface area contributed by atoms with Gasteiger partial charge in [0.15, 0.2) is 0 Å². The first kappa shape index (κ1) is 16.4. The molecule has 0 unspecified atom stereocenters. The Bertz CT molecular complexity index is 935. The van der Waals surface area contributed by atoms with Gasteiger partial charge in [0.1, 0.15) is 0 Å². The summed E-state index contributed by atoms with van der Waals surface area (Å²) in [4.78, 5) is 0. The molecule has 0 aliphatic heterocycles. The van der Waals surface area contributed by atoms with Crippen LogP contribution in [-0.4, -0.2) is 4.57 Å². The van der Waals surface area contributed by atoms with Gasteiger partial charge in [0.2, 0.25) is 0 Å². The number of rotatable bonds is 3. The van der Waals surface area contributed by atoms with Crippen molar-refractivity contribution in [3.8, 4) is 5.69 Å². The SMILES string of the molecule is [Cl][Hg][c]1ccc2c(c1)c1c[c]([Hg][Cl])ccc1n2-c1ccccc1. The van der Waals surface area contributed by atoms with Crippen LogP contribution in [0.1, 0.15) is 0 Å². The third kappa shape index (κ3) is 2.99. The van der Waals surface area contributed by atoms with Gasteiger partial charge in [-0.3, -0.25) is 0 Å². The molecule has 4 aromatic rings. The van der Waals surface area contributed by atoms with Gasteiger partial charge in [-0.15, -0.1) is 0 Å². The van der Waals surface area contributed by atoms with Gasteiger partial charge in [0, 0.05) is 0 Å². The number of aromatic nitrogens is 1.